The van der Waals surface area contributed by atoms with Gasteiger partial charge in [0.2, 0.25) is 0 Å². The van der Waals surface area contributed by atoms with E-state index in [4.69, 9.17) is 4.74 Å². The number of carbonyl (C=O) groups is 1. The molecular weight excluding hydrogens is 293 g/mol. The first-order valence-corrected chi connectivity index (χ1v) is 8.31. The molecule has 0 aliphatic heterocycles. The van der Waals surface area contributed by atoms with Crippen LogP contribution in [-0.2, 0) is 0 Å². The van der Waals surface area contributed by atoms with E-state index in [0.717, 1.165) is 23.6 Å². The fourth-order valence-corrected chi connectivity index (χ4v) is 3.25. The number of ether oxygens (including phenoxy) is 1. The minimum atomic E-state index is -0.530. The van der Waals surface area contributed by atoms with Crippen molar-refractivity contribution in [3.63, 3.8) is 0 Å². The van der Waals surface area contributed by atoms with E-state index in [9.17, 15) is 9.18 Å². The minimum Gasteiger partial charge on any atom is -0.490 e. The van der Waals surface area contributed by atoms with Crippen molar-refractivity contribution in [2.75, 3.05) is 13.3 Å². The molecule has 3 rings (SSSR count). The molecular formula is C19H22FNO2. The van der Waals surface area contributed by atoms with E-state index < -0.39 is 6.67 Å². The molecule has 23 heavy (non-hydrogen) atoms. The lowest BCUT2D eigenvalue weighted by Gasteiger charge is -2.23. The van der Waals surface area contributed by atoms with E-state index in [1.165, 1.54) is 19.3 Å². The van der Waals surface area contributed by atoms with Crippen LogP contribution in [0.1, 0.15) is 42.5 Å². The van der Waals surface area contributed by atoms with Crippen molar-refractivity contribution in [1.29, 1.82) is 0 Å². The molecule has 1 saturated carbocycles. The predicted molar refractivity (Wildman–Crippen MR) is 89.8 cm³/mol. The highest BCUT2D eigenvalue weighted by Crippen LogP contribution is 2.29. The summed E-state index contributed by atoms with van der Waals surface area (Å²) in [7, 11) is 0. The third-order valence-corrected chi connectivity index (χ3v) is 4.40. The van der Waals surface area contributed by atoms with Crippen LogP contribution < -0.4 is 10.1 Å². The third-order valence-electron chi connectivity index (χ3n) is 4.40. The van der Waals surface area contributed by atoms with Crippen LogP contribution in [0.3, 0.4) is 0 Å². The highest BCUT2D eigenvalue weighted by Gasteiger charge is 2.18. The Hall–Kier alpha value is -2.10. The maximum Gasteiger partial charge on any atom is 0.252 e. The van der Waals surface area contributed by atoms with Gasteiger partial charge in [-0.05, 0) is 30.4 Å². The molecule has 1 N–H and O–H groups in total. The van der Waals surface area contributed by atoms with Gasteiger partial charge in [-0.1, -0.05) is 43.5 Å². The average molecular weight is 315 g/mol. The Bertz CT molecular complexity index is 680. The molecule has 0 heterocycles. The van der Waals surface area contributed by atoms with Gasteiger partial charge in [-0.15, -0.1) is 0 Å². The molecule has 3 nitrogen and oxygen atoms in total. The minimum absolute atomic E-state index is 0.0254. The van der Waals surface area contributed by atoms with Crippen molar-refractivity contribution in [3.05, 3.63) is 42.0 Å². The number of rotatable bonds is 5. The van der Waals surface area contributed by atoms with Crippen molar-refractivity contribution in [3.8, 4) is 5.75 Å². The smallest absolute Gasteiger partial charge is 0.252 e. The maximum absolute atomic E-state index is 12.6. The molecule has 2 aromatic carbocycles. The van der Waals surface area contributed by atoms with Crippen molar-refractivity contribution in [2.45, 2.75) is 38.1 Å². The topological polar surface area (TPSA) is 38.3 Å². The molecule has 0 atom stereocenters. The van der Waals surface area contributed by atoms with Gasteiger partial charge in [-0.2, -0.15) is 0 Å². The largest absolute Gasteiger partial charge is 0.490 e. The van der Waals surface area contributed by atoms with Gasteiger partial charge in [-0.3, -0.25) is 4.79 Å². The molecule has 4 heteroatoms. The van der Waals surface area contributed by atoms with Gasteiger partial charge < -0.3 is 10.1 Å². The average Bonchev–Trinajstić information content (AvgIpc) is 2.60. The van der Waals surface area contributed by atoms with Crippen molar-refractivity contribution >= 4 is 16.7 Å². The monoisotopic (exact) mass is 315 g/mol. The summed E-state index contributed by atoms with van der Waals surface area (Å²) >= 11 is 0. The number of hydrogen-bond acceptors (Lipinski definition) is 2. The summed E-state index contributed by atoms with van der Waals surface area (Å²) in [5, 5.41) is 4.84. The number of halogens is 1. The van der Waals surface area contributed by atoms with Crippen LogP contribution >= 0.6 is 0 Å². The van der Waals surface area contributed by atoms with Crippen molar-refractivity contribution in [1.82, 2.24) is 5.32 Å². The Kier molecular flexibility index (Phi) is 5.11. The summed E-state index contributed by atoms with van der Waals surface area (Å²) in [6.07, 6.45) is 5.74. The number of amides is 1. The molecule has 1 aliphatic rings. The summed E-state index contributed by atoms with van der Waals surface area (Å²) in [5.74, 6) is 0.581. The second-order valence-electron chi connectivity index (χ2n) is 6.00. The molecule has 0 bridgehead atoms. The fourth-order valence-electron chi connectivity index (χ4n) is 3.25. The zero-order valence-electron chi connectivity index (χ0n) is 13.2. The van der Waals surface area contributed by atoms with E-state index in [2.05, 4.69) is 5.32 Å². The Balaban J connectivity index is 1.87. The molecule has 1 amide bonds. The van der Waals surface area contributed by atoms with Crippen LogP contribution in [0, 0.1) is 0 Å². The fraction of sp³-hybridized carbons (Fsp3) is 0.421. The van der Waals surface area contributed by atoms with Crippen molar-refractivity contribution in [2.24, 2.45) is 0 Å². The molecule has 1 aliphatic carbocycles. The Morgan fingerprint density at radius 1 is 1.09 bits per heavy atom. The Labute approximate surface area is 135 Å². The number of hydrogen-bond donors (Lipinski definition) is 1. The standard InChI is InChI=1S/C19H22FNO2/c20-12-13-23-18-11-10-17(15-8-4-5-9-16(15)18)19(22)21-14-6-2-1-3-7-14/h4-5,8-11,14H,1-3,6-7,12-13H2,(H,21,22). The summed E-state index contributed by atoms with van der Waals surface area (Å²) < 4.78 is 17.8. The van der Waals surface area contributed by atoms with Crippen LogP contribution in [0.25, 0.3) is 10.8 Å². The number of benzene rings is 2. The van der Waals surface area contributed by atoms with Crippen LogP contribution in [0.4, 0.5) is 4.39 Å². The molecule has 0 unspecified atom stereocenters. The van der Waals surface area contributed by atoms with Gasteiger partial charge in [-0.25, -0.2) is 4.39 Å². The summed E-state index contributed by atoms with van der Waals surface area (Å²) in [4.78, 5) is 12.6. The van der Waals surface area contributed by atoms with Crippen LogP contribution in [0.2, 0.25) is 0 Å². The highest BCUT2D eigenvalue weighted by molar-refractivity contribution is 6.08. The van der Waals surface area contributed by atoms with Crippen LogP contribution in [-0.4, -0.2) is 25.2 Å². The second-order valence-corrected chi connectivity index (χ2v) is 6.00. The molecule has 0 spiro atoms. The summed E-state index contributed by atoms with van der Waals surface area (Å²) in [6, 6.07) is 11.4. The van der Waals surface area contributed by atoms with E-state index >= 15 is 0 Å². The van der Waals surface area contributed by atoms with Gasteiger partial charge in [0.25, 0.3) is 5.91 Å². The lowest BCUT2D eigenvalue weighted by molar-refractivity contribution is 0.0929. The van der Waals surface area contributed by atoms with Crippen LogP contribution in [0.15, 0.2) is 36.4 Å². The van der Waals surface area contributed by atoms with E-state index in [1.807, 2.05) is 24.3 Å². The van der Waals surface area contributed by atoms with Gasteiger partial charge in [0.05, 0.1) is 0 Å². The first kappa shape index (κ1) is 15.8. The second kappa shape index (κ2) is 7.44. The predicted octanol–water partition coefficient (Wildman–Crippen LogP) is 4.25. The molecule has 0 saturated heterocycles. The molecule has 122 valence electrons. The lowest BCUT2D eigenvalue weighted by atomic mass is 9.95. The Morgan fingerprint density at radius 3 is 2.57 bits per heavy atom. The SMILES string of the molecule is O=C(NC1CCCCC1)c1ccc(OCCF)c2ccccc12. The van der Waals surface area contributed by atoms with Gasteiger partial charge in [0.15, 0.2) is 0 Å². The van der Waals surface area contributed by atoms with Gasteiger partial charge in [0.1, 0.15) is 19.0 Å². The van der Waals surface area contributed by atoms with E-state index in [1.54, 1.807) is 12.1 Å². The number of carbonyl (C=O) groups excluding carboxylic acids is 1. The normalized spacial score (nSPS) is 15.5. The Morgan fingerprint density at radius 2 is 1.83 bits per heavy atom. The quantitative estimate of drug-likeness (QED) is 0.895. The zero-order valence-corrected chi connectivity index (χ0v) is 13.2. The first-order valence-electron chi connectivity index (χ1n) is 8.31. The number of fused-ring (bicyclic) bond motifs is 1. The highest BCUT2D eigenvalue weighted by atomic mass is 19.1. The number of nitrogens with one attached hydrogen (secondary N) is 1. The molecule has 0 aromatic heterocycles. The van der Waals surface area contributed by atoms with Crippen molar-refractivity contribution < 1.29 is 13.9 Å². The molecule has 0 radical (unpaired) electrons. The first-order chi connectivity index (χ1) is 11.3. The van der Waals surface area contributed by atoms with Gasteiger partial charge in [0, 0.05) is 17.0 Å². The van der Waals surface area contributed by atoms with Crippen LogP contribution in [0.5, 0.6) is 5.75 Å². The third kappa shape index (κ3) is 3.63. The number of alkyl halides is 1. The zero-order chi connectivity index (χ0) is 16.1. The summed E-state index contributed by atoms with van der Waals surface area (Å²) in [5.41, 5.74) is 0.652. The van der Waals surface area contributed by atoms with Gasteiger partial charge >= 0.3 is 0 Å². The maximum atomic E-state index is 12.6. The van der Waals surface area contributed by atoms with E-state index in [0.29, 0.717) is 11.3 Å². The lowest BCUT2D eigenvalue weighted by Crippen LogP contribution is -2.36. The van der Waals surface area contributed by atoms with E-state index in [-0.39, 0.29) is 18.6 Å². The molecule has 1 fully saturated rings. The molecule has 2 aromatic rings. The summed E-state index contributed by atoms with van der Waals surface area (Å²) in [6.45, 7) is -0.504.